The van der Waals surface area contributed by atoms with E-state index < -0.39 is 0 Å². The molecule has 0 aromatic heterocycles. The Kier molecular flexibility index (Phi) is 5.29. The van der Waals surface area contributed by atoms with Crippen molar-refractivity contribution >= 4 is 22.2 Å². The van der Waals surface area contributed by atoms with E-state index in [0.717, 1.165) is 6.54 Å². The molecule has 0 bridgehead atoms. The normalized spacial score (nSPS) is 16.1. The maximum atomic E-state index is 2.58. The zero-order valence-corrected chi connectivity index (χ0v) is 16.7. The summed E-state index contributed by atoms with van der Waals surface area (Å²) in [7, 11) is 4.48. The van der Waals surface area contributed by atoms with Crippen LogP contribution < -0.4 is 4.90 Å². The van der Waals surface area contributed by atoms with Gasteiger partial charge in [0, 0.05) is 25.0 Å². The van der Waals surface area contributed by atoms with Gasteiger partial charge in [-0.25, -0.2) is 0 Å². The number of hydrogen-bond donors (Lipinski definition) is 1. The summed E-state index contributed by atoms with van der Waals surface area (Å²) >= 11 is 0. The summed E-state index contributed by atoms with van der Waals surface area (Å²) in [6.45, 7) is 9.53. The third-order valence-corrected chi connectivity index (χ3v) is 5.94. The Morgan fingerprint density at radius 2 is 1.64 bits per heavy atom. The molecule has 2 heteroatoms. The van der Waals surface area contributed by atoms with Gasteiger partial charge in [0.1, 0.15) is 6.54 Å². The second-order valence-electron chi connectivity index (χ2n) is 8.41. The summed E-state index contributed by atoms with van der Waals surface area (Å²) in [4.78, 5) is 1.56. The predicted octanol–water partition coefficient (Wildman–Crippen LogP) is 3.94. The molecule has 0 saturated heterocycles. The Labute approximate surface area is 153 Å². The average molecular weight is 339 g/mol. The molecule has 1 heterocycles. The van der Waals surface area contributed by atoms with E-state index in [0.29, 0.717) is 0 Å². The Hall–Kier alpha value is -1.67. The van der Waals surface area contributed by atoms with Crippen molar-refractivity contribution in [1.29, 1.82) is 0 Å². The number of nitrogens with zero attached hydrogens (tertiary/aromatic N) is 1. The van der Waals surface area contributed by atoms with Gasteiger partial charge >= 0.3 is 0 Å². The second-order valence-corrected chi connectivity index (χ2v) is 8.41. The van der Waals surface area contributed by atoms with Gasteiger partial charge in [-0.1, -0.05) is 24.3 Å². The highest BCUT2D eigenvalue weighted by Gasteiger charge is 2.43. The molecule has 25 heavy (non-hydrogen) atoms. The first-order chi connectivity index (χ1) is 11.9. The lowest BCUT2D eigenvalue weighted by Gasteiger charge is -2.17. The van der Waals surface area contributed by atoms with Crippen LogP contribution in [0.25, 0.3) is 10.8 Å². The van der Waals surface area contributed by atoms with Crippen LogP contribution in [0.5, 0.6) is 0 Å². The maximum Gasteiger partial charge on any atom is 0.210 e. The number of hydrogen-bond acceptors (Lipinski definition) is 0. The monoisotopic (exact) mass is 338 g/mol. The summed E-state index contributed by atoms with van der Waals surface area (Å²) in [5, 5.41) is 2.77. The summed E-state index contributed by atoms with van der Waals surface area (Å²) < 4.78 is 2.58. The minimum atomic E-state index is 0.116. The number of quaternary nitrogens is 1. The highest BCUT2D eigenvalue weighted by molar-refractivity contribution is 6.01. The number of unbranched alkanes of at least 4 members (excludes halogenated alkanes) is 3. The fourth-order valence-corrected chi connectivity index (χ4v) is 4.23. The lowest BCUT2D eigenvalue weighted by atomic mass is 9.80. The zero-order valence-electron chi connectivity index (χ0n) is 16.7. The molecule has 0 amide bonds. The molecule has 2 aromatic rings. The first kappa shape index (κ1) is 18.1. The standard InChI is InChI=1S/C23H33N2/c1-18-23(2,3)22-20-13-9-8-12-19(20)14-15-21(22)25(18)17-11-7-6-10-16-24(4)5/h8-9,12-15H,6-7,10-11,16-17H2,1-5H3/q+1/p+1. The molecule has 0 unspecified atom stereocenters. The fourth-order valence-electron chi connectivity index (χ4n) is 4.23. The van der Waals surface area contributed by atoms with Gasteiger partial charge in [0.15, 0.2) is 5.71 Å². The Morgan fingerprint density at radius 3 is 2.40 bits per heavy atom. The SMILES string of the molecule is CC1=[N+](CCCCCC[NH+](C)C)c2ccc3ccccc3c2C1(C)C. The van der Waals surface area contributed by atoms with E-state index >= 15 is 0 Å². The van der Waals surface area contributed by atoms with Crippen LogP contribution in [0.3, 0.4) is 0 Å². The third-order valence-electron chi connectivity index (χ3n) is 5.94. The second kappa shape index (κ2) is 7.29. The molecule has 1 aliphatic heterocycles. The smallest absolute Gasteiger partial charge is 0.210 e. The fraction of sp³-hybridized carbons (Fsp3) is 0.522. The van der Waals surface area contributed by atoms with Crippen LogP contribution in [-0.2, 0) is 5.41 Å². The van der Waals surface area contributed by atoms with Gasteiger partial charge in [-0.15, -0.1) is 0 Å². The summed E-state index contributed by atoms with van der Waals surface area (Å²) in [6, 6.07) is 13.5. The van der Waals surface area contributed by atoms with E-state index in [9.17, 15) is 0 Å². The van der Waals surface area contributed by atoms with Gasteiger partial charge in [-0.3, -0.25) is 0 Å². The van der Waals surface area contributed by atoms with Crippen LogP contribution in [0.4, 0.5) is 5.69 Å². The Morgan fingerprint density at radius 1 is 0.920 bits per heavy atom. The van der Waals surface area contributed by atoms with E-state index in [2.05, 4.69) is 75.8 Å². The van der Waals surface area contributed by atoms with E-state index in [1.165, 1.54) is 60.0 Å². The van der Waals surface area contributed by atoms with Crippen molar-refractivity contribution in [3.05, 3.63) is 42.0 Å². The van der Waals surface area contributed by atoms with Crippen molar-refractivity contribution in [3.63, 3.8) is 0 Å². The van der Waals surface area contributed by atoms with Crippen molar-refractivity contribution in [2.24, 2.45) is 0 Å². The molecule has 2 aromatic carbocycles. The van der Waals surface area contributed by atoms with E-state index in [1.807, 2.05) is 0 Å². The van der Waals surface area contributed by atoms with Crippen LogP contribution in [0.1, 0.15) is 52.0 Å². The van der Waals surface area contributed by atoms with E-state index in [4.69, 9.17) is 0 Å². The molecule has 0 fully saturated rings. The third kappa shape index (κ3) is 3.50. The minimum Gasteiger partial charge on any atom is -0.340 e. The molecular weight excluding hydrogens is 304 g/mol. The highest BCUT2D eigenvalue weighted by atomic mass is 15.1. The molecular formula is C23H34N2+2. The summed E-state index contributed by atoms with van der Waals surface area (Å²) in [5.41, 5.74) is 4.56. The number of fused-ring (bicyclic) bond motifs is 3. The Bertz CT molecular complexity index is 784. The lowest BCUT2D eigenvalue weighted by Crippen LogP contribution is -3.05. The highest BCUT2D eigenvalue weighted by Crippen LogP contribution is 2.43. The zero-order chi connectivity index (χ0) is 18.0. The average Bonchev–Trinajstić information content (AvgIpc) is 2.78. The van der Waals surface area contributed by atoms with Gasteiger partial charge in [-0.05, 0) is 49.9 Å². The number of rotatable bonds is 7. The first-order valence-corrected chi connectivity index (χ1v) is 9.86. The van der Waals surface area contributed by atoms with Crippen LogP contribution in [-0.4, -0.2) is 37.5 Å². The maximum absolute atomic E-state index is 2.58. The Balaban J connectivity index is 1.78. The topological polar surface area (TPSA) is 7.45 Å². The predicted molar refractivity (Wildman–Crippen MR) is 109 cm³/mol. The molecule has 0 saturated carbocycles. The number of benzene rings is 2. The quantitative estimate of drug-likeness (QED) is 0.578. The van der Waals surface area contributed by atoms with Gasteiger partial charge in [0.2, 0.25) is 5.69 Å². The molecule has 1 N–H and O–H groups in total. The van der Waals surface area contributed by atoms with Crippen LogP contribution >= 0.6 is 0 Å². The summed E-state index contributed by atoms with van der Waals surface area (Å²) in [5.74, 6) is 0. The first-order valence-electron chi connectivity index (χ1n) is 9.86. The molecule has 0 aliphatic carbocycles. The molecule has 0 radical (unpaired) electrons. The molecule has 134 valence electrons. The van der Waals surface area contributed by atoms with Gasteiger partial charge in [0.05, 0.1) is 26.1 Å². The number of nitrogens with one attached hydrogen (secondary N) is 1. The summed E-state index contributed by atoms with van der Waals surface area (Å²) in [6.07, 6.45) is 5.31. The van der Waals surface area contributed by atoms with Crippen LogP contribution in [0.15, 0.2) is 36.4 Å². The van der Waals surface area contributed by atoms with Crippen molar-refractivity contribution < 1.29 is 9.48 Å². The van der Waals surface area contributed by atoms with Gasteiger partial charge < -0.3 is 4.90 Å². The van der Waals surface area contributed by atoms with E-state index in [1.54, 1.807) is 4.90 Å². The van der Waals surface area contributed by atoms with Gasteiger partial charge in [0.25, 0.3) is 0 Å². The molecule has 0 spiro atoms. The molecule has 3 rings (SSSR count). The van der Waals surface area contributed by atoms with Crippen molar-refractivity contribution in [2.75, 3.05) is 27.2 Å². The lowest BCUT2D eigenvalue weighted by molar-refractivity contribution is -0.858. The molecule has 0 atom stereocenters. The van der Waals surface area contributed by atoms with Crippen LogP contribution in [0, 0.1) is 0 Å². The van der Waals surface area contributed by atoms with E-state index in [-0.39, 0.29) is 5.41 Å². The van der Waals surface area contributed by atoms with Crippen molar-refractivity contribution in [2.45, 2.75) is 51.9 Å². The minimum absolute atomic E-state index is 0.116. The largest absolute Gasteiger partial charge is 0.340 e. The molecule has 1 aliphatic rings. The van der Waals surface area contributed by atoms with Gasteiger partial charge in [-0.2, -0.15) is 4.58 Å². The van der Waals surface area contributed by atoms with Crippen LogP contribution in [0.2, 0.25) is 0 Å². The van der Waals surface area contributed by atoms with Crippen molar-refractivity contribution in [1.82, 2.24) is 0 Å². The molecule has 2 nitrogen and oxygen atoms in total. The van der Waals surface area contributed by atoms with Crippen molar-refractivity contribution in [3.8, 4) is 0 Å².